The lowest BCUT2D eigenvalue weighted by molar-refractivity contribution is 0.629. The number of nitrogen functional groups attached to an aromatic ring is 1. The van der Waals surface area contributed by atoms with Crippen LogP contribution in [0.15, 0.2) is 36.4 Å². The molecule has 0 fully saturated rings. The molecule has 0 spiro atoms. The van der Waals surface area contributed by atoms with Gasteiger partial charge in [0.05, 0.1) is 11.3 Å². The van der Waals surface area contributed by atoms with Crippen LogP contribution in [0.2, 0.25) is 0 Å². The highest BCUT2D eigenvalue weighted by Crippen LogP contribution is 2.27. The molecule has 0 radical (unpaired) electrons. The second-order valence-electron chi connectivity index (χ2n) is 4.89. The molecule has 1 heterocycles. The largest absolute Gasteiger partial charge is 0.399 e. The predicted octanol–water partition coefficient (Wildman–Crippen LogP) is 2.67. The van der Waals surface area contributed by atoms with Crippen molar-refractivity contribution in [1.29, 1.82) is 0 Å². The molecular weight excluding hydrogens is 269 g/mol. The Bertz CT molecular complexity index is 789. The molecule has 21 heavy (non-hydrogen) atoms. The zero-order chi connectivity index (χ0) is 15.0. The van der Waals surface area contributed by atoms with Crippen LogP contribution in [-0.2, 0) is 0 Å². The summed E-state index contributed by atoms with van der Waals surface area (Å²) in [5.41, 5.74) is 9.34. The van der Waals surface area contributed by atoms with Crippen LogP contribution in [0.1, 0.15) is 11.1 Å². The molecular formula is C15H14FN5. The molecule has 2 aromatic carbocycles. The summed E-state index contributed by atoms with van der Waals surface area (Å²) in [5, 5.41) is 11.6. The van der Waals surface area contributed by atoms with Gasteiger partial charge in [0, 0.05) is 5.69 Å². The summed E-state index contributed by atoms with van der Waals surface area (Å²) < 4.78 is 15.6. The van der Waals surface area contributed by atoms with Gasteiger partial charge < -0.3 is 5.73 Å². The lowest BCUT2D eigenvalue weighted by atomic mass is 10.1. The van der Waals surface area contributed by atoms with Crippen molar-refractivity contribution in [3.8, 4) is 17.1 Å². The number of tetrazole rings is 1. The van der Waals surface area contributed by atoms with Gasteiger partial charge in [-0.05, 0) is 53.6 Å². The molecule has 6 heteroatoms. The summed E-state index contributed by atoms with van der Waals surface area (Å²) >= 11 is 0. The highest BCUT2D eigenvalue weighted by Gasteiger charge is 2.17. The number of nitrogens with two attached hydrogens (primary N) is 1. The standard InChI is InChI=1S/C15H14FN5/c1-9-4-3-5-10(2)14(9)21-15(18-19-20-21)12-8-11(17)6-7-13(12)16/h3-8H,17H2,1-2H3. The number of aromatic nitrogens is 4. The second kappa shape index (κ2) is 4.97. The van der Waals surface area contributed by atoms with E-state index in [0.717, 1.165) is 16.8 Å². The highest BCUT2D eigenvalue weighted by molar-refractivity contribution is 5.64. The monoisotopic (exact) mass is 283 g/mol. The minimum absolute atomic E-state index is 0.280. The number of rotatable bonds is 2. The van der Waals surface area contributed by atoms with Gasteiger partial charge in [0.15, 0.2) is 5.82 Å². The van der Waals surface area contributed by atoms with Crippen molar-refractivity contribution in [1.82, 2.24) is 20.2 Å². The van der Waals surface area contributed by atoms with Gasteiger partial charge in [0.1, 0.15) is 5.82 Å². The van der Waals surface area contributed by atoms with Crippen LogP contribution in [0.3, 0.4) is 0 Å². The van der Waals surface area contributed by atoms with Gasteiger partial charge in [-0.3, -0.25) is 0 Å². The van der Waals surface area contributed by atoms with Gasteiger partial charge in [0.25, 0.3) is 0 Å². The maximum absolute atomic E-state index is 14.1. The van der Waals surface area contributed by atoms with Crippen molar-refractivity contribution >= 4 is 5.69 Å². The second-order valence-corrected chi connectivity index (χ2v) is 4.89. The van der Waals surface area contributed by atoms with E-state index in [0.29, 0.717) is 11.5 Å². The Kier molecular flexibility index (Phi) is 3.13. The van der Waals surface area contributed by atoms with Crippen molar-refractivity contribution in [2.45, 2.75) is 13.8 Å². The molecule has 2 N–H and O–H groups in total. The van der Waals surface area contributed by atoms with Crippen molar-refractivity contribution in [2.24, 2.45) is 0 Å². The SMILES string of the molecule is Cc1cccc(C)c1-n1nnnc1-c1cc(N)ccc1F. The van der Waals surface area contributed by atoms with E-state index in [4.69, 9.17) is 5.73 Å². The Morgan fingerprint density at radius 2 is 1.81 bits per heavy atom. The fourth-order valence-corrected chi connectivity index (χ4v) is 2.36. The number of benzene rings is 2. The van der Waals surface area contributed by atoms with Crippen LogP contribution in [-0.4, -0.2) is 20.2 Å². The van der Waals surface area contributed by atoms with Crippen LogP contribution in [0, 0.1) is 19.7 Å². The van der Waals surface area contributed by atoms with E-state index in [-0.39, 0.29) is 5.56 Å². The van der Waals surface area contributed by atoms with Gasteiger partial charge >= 0.3 is 0 Å². The van der Waals surface area contributed by atoms with Crippen molar-refractivity contribution in [2.75, 3.05) is 5.73 Å². The summed E-state index contributed by atoms with van der Waals surface area (Å²) in [5.74, 6) is -0.0799. The molecule has 0 amide bonds. The molecule has 0 bridgehead atoms. The van der Waals surface area contributed by atoms with Crippen LogP contribution >= 0.6 is 0 Å². The van der Waals surface area contributed by atoms with Gasteiger partial charge in [0.2, 0.25) is 0 Å². The summed E-state index contributed by atoms with van der Waals surface area (Å²) in [7, 11) is 0. The van der Waals surface area contributed by atoms with E-state index >= 15 is 0 Å². The van der Waals surface area contributed by atoms with Crippen LogP contribution in [0.5, 0.6) is 0 Å². The topological polar surface area (TPSA) is 69.6 Å². The first-order valence-corrected chi connectivity index (χ1v) is 6.48. The molecule has 0 aliphatic carbocycles. The highest BCUT2D eigenvalue weighted by atomic mass is 19.1. The van der Waals surface area contributed by atoms with E-state index in [9.17, 15) is 4.39 Å². The maximum atomic E-state index is 14.1. The lowest BCUT2D eigenvalue weighted by Crippen LogP contribution is -2.05. The summed E-state index contributed by atoms with van der Waals surface area (Å²) in [4.78, 5) is 0. The van der Waals surface area contributed by atoms with E-state index in [1.54, 1.807) is 4.68 Å². The lowest BCUT2D eigenvalue weighted by Gasteiger charge is -2.11. The quantitative estimate of drug-likeness (QED) is 0.734. The Morgan fingerprint density at radius 1 is 1.10 bits per heavy atom. The molecule has 0 saturated carbocycles. The minimum Gasteiger partial charge on any atom is -0.399 e. The van der Waals surface area contributed by atoms with E-state index in [1.807, 2.05) is 32.0 Å². The minimum atomic E-state index is -0.411. The normalized spacial score (nSPS) is 10.8. The van der Waals surface area contributed by atoms with E-state index in [1.165, 1.54) is 18.2 Å². The van der Waals surface area contributed by atoms with E-state index < -0.39 is 5.82 Å². The number of para-hydroxylation sites is 1. The molecule has 0 saturated heterocycles. The zero-order valence-electron chi connectivity index (χ0n) is 11.7. The third kappa shape index (κ3) is 2.24. The van der Waals surface area contributed by atoms with Crippen molar-refractivity contribution in [3.05, 3.63) is 53.3 Å². The Morgan fingerprint density at radius 3 is 2.52 bits per heavy atom. The molecule has 3 aromatic rings. The molecule has 106 valence electrons. The van der Waals surface area contributed by atoms with Gasteiger partial charge in [-0.25, -0.2) is 4.39 Å². The van der Waals surface area contributed by atoms with Gasteiger partial charge in [-0.15, -0.1) is 5.10 Å². The average Bonchev–Trinajstić information content (AvgIpc) is 2.90. The Labute approximate surface area is 121 Å². The number of anilines is 1. The fourth-order valence-electron chi connectivity index (χ4n) is 2.36. The Balaban J connectivity index is 2.25. The number of hydrogen-bond acceptors (Lipinski definition) is 4. The van der Waals surface area contributed by atoms with Gasteiger partial charge in [-0.1, -0.05) is 18.2 Å². The number of hydrogen-bond donors (Lipinski definition) is 1. The first-order valence-electron chi connectivity index (χ1n) is 6.48. The maximum Gasteiger partial charge on any atom is 0.190 e. The third-order valence-electron chi connectivity index (χ3n) is 3.35. The van der Waals surface area contributed by atoms with Crippen LogP contribution in [0.25, 0.3) is 17.1 Å². The smallest absolute Gasteiger partial charge is 0.190 e. The Hall–Kier alpha value is -2.76. The molecule has 1 aromatic heterocycles. The number of nitrogens with zero attached hydrogens (tertiary/aromatic N) is 4. The number of aryl methyl sites for hydroxylation is 2. The number of halogens is 1. The summed E-state index contributed by atoms with van der Waals surface area (Å²) in [6.07, 6.45) is 0. The molecule has 0 aliphatic rings. The van der Waals surface area contributed by atoms with Crippen molar-refractivity contribution in [3.63, 3.8) is 0 Å². The van der Waals surface area contributed by atoms with E-state index in [2.05, 4.69) is 15.5 Å². The summed E-state index contributed by atoms with van der Waals surface area (Å²) in [6, 6.07) is 10.2. The molecule has 0 aliphatic heterocycles. The van der Waals surface area contributed by atoms with Gasteiger partial charge in [-0.2, -0.15) is 4.68 Å². The molecule has 0 atom stereocenters. The van der Waals surface area contributed by atoms with Crippen molar-refractivity contribution < 1.29 is 4.39 Å². The first-order chi connectivity index (χ1) is 10.1. The molecule has 3 rings (SSSR count). The average molecular weight is 283 g/mol. The van der Waals surface area contributed by atoms with Crippen LogP contribution < -0.4 is 5.73 Å². The first kappa shape index (κ1) is 13.2. The van der Waals surface area contributed by atoms with Crippen LogP contribution in [0.4, 0.5) is 10.1 Å². The third-order valence-corrected chi connectivity index (χ3v) is 3.35. The summed E-state index contributed by atoms with van der Waals surface area (Å²) in [6.45, 7) is 3.92. The predicted molar refractivity (Wildman–Crippen MR) is 78.4 cm³/mol. The molecule has 0 unspecified atom stereocenters. The zero-order valence-corrected chi connectivity index (χ0v) is 11.7. The fraction of sp³-hybridized carbons (Fsp3) is 0.133. The molecule has 5 nitrogen and oxygen atoms in total.